The van der Waals surface area contributed by atoms with Crippen LogP contribution in [0, 0.1) is 29.6 Å². The van der Waals surface area contributed by atoms with E-state index >= 15 is 0 Å². The average molecular weight is 293 g/mol. The zero-order valence-corrected chi connectivity index (χ0v) is 14.0. The Kier molecular flexibility index (Phi) is 5.61. The van der Waals surface area contributed by atoms with Crippen molar-refractivity contribution in [2.24, 2.45) is 35.4 Å². The number of fused-ring (bicyclic) bond motifs is 5. The van der Waals surface area contributed by atoms with Crippen molar-refractivity contribution in [1.82, 2.24) is 5.43 Å². The third-order valence-electron chi connectivity index (χ3n) is 6.84. The number of rotatable bonds is 11. The van der Waals surface area contributed by atoms with E-state index in [0.717, 1.165) is 29.6 Å². The van der Waals surface area contributed by atoms with Gasteiger partial charge in [0.25, 0.3) is 0 Å². The molecule has 21 heavy (non-hydrogen) atoms. The number of nitrogens with two attached hydrogens (primary N) is 1. The van der Waals surface area contributed by atoms with Crippen LogP contribution in [0.2, 0.25) is 0 Å². The molecule has 0 aromatic carbocycles. The van der Waals surface area contributed by atoms with Gasteiger partial charge in [-0.3, -0.25) is 11.3 Å². The summed E-state index contributed by atoms with van der Waals surface area (Å²) >= 11 is 0. The highest BCUT2D eigenvalue weighted by Gasteiger charge is 2.66. The Morgan fingerprint density at radius 3 is 2.05 bits per heavy atom. The average Bonchev–Trinajstić information content (AvgIpc) is 2.92. The van der Waals surface area contributed by atoms with E-state index in [9.17, 15) is 0 Å². The summed E-state index contributed by atoms with van der Waals surface area (Å²) in [5.74, 6) is 11.1. The molecule has 0 radical (unpaired) electrons. The van der Waals surface area contributed by atoms with Crippen molar-refractivity contribution in [3.63, 3.8) is 0 Å². The minimum atomic E-state index is 0.628. The van der Waals surface area contributed by atoms with Gasteiger partial charge in [0.2, 0.25) is 0 Å². The molecule has 0 aromatic heterocycles. The van der Waals surface area contributed by atoms with Gasteiger partial charge in [-0.1, -0.05) is 58.3 Å². The predicted molar refractivity (Wildman–Crippen MR) is 89.6 cm³/mol. The van der Waals surface area contributed by atoms with Crippen molar-refractivity contribution in [3.05, 3.63) is 0 Å². The molecule has 3 saturated carbocycles. The maximum Gasteiger partial charge on any atom is 0.0244 e. The third-order valence-corrected chi connectivity index (χ3v) is 6.84. The lowest BCUT2D eigenvalue weighted by atomic mass is 9.94. The van der Waals surface area contributed by atoms with Crippen LogP contribution in [0.5, 0.6) is 0 Å². The zero-order valence-electron chi connectivity index (χ0n) is 14.0. The van der Waals surface area contributed by atoms with Crippen LogP contribution in [0.1, 0.15) is 84.0 Å². The van der Waals surface area contributed by atoms with E-state index in [0.29, 0.717) is 6.04 Å². The second-order valence-corrected chi connectivity index (χ2v) is 8.10. The molecule has 0 aliphatic heterocycles. The number of hydrogen-bond donors (Lipinski definition) is 2. The molecule has 0 aromatic rings. The molecule has 3 aliphatic rings. The summed E-state index contributed by atoms with van der Waals surface area (Å²) in [7, 11) is 0. The largest absolute Gasteiger partial charge is 0.271 e. The maximum absolute atomic E-state index is 5.87. The molecule has 2 bridgehead atoms. The SMILES string of the molecule is CCCCCCCCCCC(NN)C1C2C3CCC(C3)C21. The van der Waals surface area contributed by atoms with Crippen LogP contribution in [0.15, 0.2) is 0 Å². The molecule has 0 saturated heterocycles. The highest BCUT2D eigenvalue weighted by atomic mass is 15.2. The molecule has 5 atom stereocenters. The molecule has 3 rings (SSSR count). The van der Waals surface area contributed by atoms with Crippen molar-refractivity contribution in [2.75, 3.05) is 0 Å². The predicted octanol–water partition coefficient (Wildman–Crippen LogP) is 4.64. The fraction of sp³-hybridized carbons (Fsp3) is 1.00. The monoisotopic (exact) mass is 292 g/mol. The summed E-state index contributed by atoms with van der Waals surface area (Å²) in [4.78, 5) is 0. The topological polar surface area (TPSA) is 38.0 Å². The summed E-state index contributed by atoms with van der Waals surface area (Å²) < 4.78 is 0. The van der Waals surface area contributed by atoms with Crippen LogP contribution in [-0.2, 0) is 0 Å². The van der Waals surface area contributed by atoms with Crippen LogP contribution >= 0.6 is 0 Å². The molecule has 122 valence electrons. The normalized spacial score (nSPS) is 37.7. The summed E-state index contributed by atoms with van der Waals surface area (Å²) in [6.45, 7) is 2.29. The van der Waals surface area contributed by atoms with Crippen LogP contribution in [-0.4, -0.2) is 6.04 Å². The highest BCUT2D eigenvalue weighted by Crippen LogP contribution is 2.70. The van der Waals surface area contributed by atoms with Gasteiger partial charge in [0.15, 0.2) is 0 Å². The molecular formula is C19H36N2. The molecule has 3 aliphatic carbocycles. The lowest BCUT2D eigenvalue weighted by Crippen LogP contribution is -2.38. The van der Waals surface area contributed by atoms with Gasteiger partial charge in [0.1, 0.15) is 0 Å². The number of hydrazine groups is 1. The Balaban J connectivity index is 1.27. The minimum Gasteiger partial charge on any atom is -0.271 e. The van der Waals surface area contributed by atoms with Gasteiger partial charge in [0, 0.05) is 6.04 Å². The van der Waals surface area contributed by atoms with Crippen molar-refractivity contribution >= 4 is 0 Å². The van der Waals surface area contributed by atoms with E-state index in [-0.39, 0.29) is 0 Å². The fourth-order valence-electron chi connectivity index (χ4n) is 5.82. The van der Waals surface area contributed by atoms with E-state index in [4.69, 9.17) is 5.84 Å². The minimum absolute atomic E-state index is 0.628. The second kappa shape index (κ2) is 7.46. The van der Waals surface area contributed by atoms with Crippen molar-refractivity contribution in [3.8, 4) is 0 Å². The summed E-state index contributed by atoms with van der Waals surface area (Å²) in [5.41, 5.74) is 3.18. The Morgan fingerprint density at radius 2 is 1.48 bits per heavy atom. The first-order chi connectivity index (χ1) is 10.4. The first-order valence-corrected chi connectivity index (χ1v) is 9.83. The smallest absolute Gasteiger partial charge is 0.0244 e. The van der Waals surface area contributed by atoms with Crippen LogP contribution in [0.4, 0.5) is 0 Å². The van der Waals surface area contributed by atoms with Gasteiger partial charge in [-0.15, -0.1) is 0 Å². The van der Waals surface area contributed by atoms with Crippen LogP contribution in [0.25, 0.3) is 0 Å². The quantitative estimate of drug-likeness (QED) is 0.331. The fourth-order valence-corrected chi connectivity index (χ4v) is 5.82. The van der Waals surface area contributed by atoms with Crippen molar-refractivity contribution in [1.29, 1.82) is 0 Å². The lowest BCUT2D eigenvalue weighted by Gasteiger charge is -2.19. The van der Waals surface area contributed by atoms with Gasteiger partial charge < -0.3 is 0 Å². The molecule has 2 heteroatoms. The van der Waals surface area contributed by atoms with Crippen LogP contribution < -0.4 is 11.3 Å². The van der Waals surface area contributed by atoms with E-state index in [1.54, 1.807) is 6.42 Å². The molecule has 3 N–H and O–H groups in total. The van der Waals surface area contributed by atoms with Crippen LogP contribution in [0.3, 0.4) is 0 Å². The van der Waals surface area contributed by atoms with Gasteiger partial charge in [-0.2, -0.15) is 0 Å². The molecular weight excluding hydrogens is 256 g/mol. The number of hydrogen-bond acceptors (Lipinski definition) is 2. The molecule has 3 fully saturated rings. The Labute approximate surface area is 131 Å². The first kappa shape index (κ1) is 15.8. The number of unbranched alkanes of at least 4 members (excludes halogenated alkanes) is 7. The van der Waals surface area contributed by atoms with E-state index in [2.05, 4.69) is 12.3 Å². The van der Waals surface area contributed by atoms with E-state index in [1.807, 2.05) is 0 Å². The molecule has 0 spiro atoms. The Hall–Kier alpha value is -0.0800. The Bertz CT molecular complexity index is 301. The maximum atomic E-state index is 5.87. The summed E-state index contributed by atoms with van der Waals surface area (Å²) in [5, 5.41) is 0. The van der Waals surface area contributed by atoms with Gasteiger partial charge in [-0.05, 0) is 55.3 Å². The lowest BCUT2D eigenvalue weighted by molar-refractivity contribution is 0.343. The van der Waals surface area contributed by atoms with Crippen molar-refractivity contribution in [2.45, 2.75) is 90.0 Å². The van der Waals surface area contributed by atoms with Crippen molar-refractivity contribution < 1.29 is 0 Å². The highest BCUT2D eigenvalue weighted by molar-refractivity contribution is 5.15. The Morgan fingerprint density at radius 1 is 0.905 bits per heavy atom. The van der Waals surface area contributed by atoms with Gasteiger partial charge in [-0.25, -0.2) is 0 Å². The second-order valence-electron chi connectivity index (χ2n) is 8.10. The standard InChI is InChI=1S/C19H36N2/c1-2-3-4-5-6-7-8-9-10-16(21-20)19-17-14-11-12-15(13-14)18(17)19/h14-19,21H,2-13,20H2,1H3. The zero-order chi connectivity index (χ0) is 14.7. The summed E-state index contributed by atoms with van der Waals surface area (Å²) in [6, 6.07) is 0.628. The third kappa shape index (κ3) is 3.47. The van der Waals surface area contributed by atoms with Gasteiger partial charge in [0.05, 0.1) is 0 Å². The summed E-state index contributed by atoms with van der Waals surface area (Å²) in [6.07, 6.45) is 17.3. The van der Waals surface area contributed by atoms with E-state index < -0.39 is 0 Å². The van der Waals surface area contributed by atoms with Gasteiger partial charge >= 0.3 is 0 Å². The molecule has 0 heterocycles. The number of nitrogens with one attached hydrogen (secondary N) is 1. The molecule has 2 nitrogen and oxygen atoms in total. The van der Waals surface area contributed by atoms with E-state index in [1.165, 1.54) is 70.6 Å². The molecule has 5 unspecified atom stereocenters. The molecule has 0 amide bonds. The first-order valence-electron chi connectivity index (χ1n) is 9.83.